The second-order valence-electron chi connectivity index (χ2n) is 2.89. The summed E-state index contributed by atoms with van der Waals surface area (Å²) in [6, 6.07) is 3.75. The Hall–Kier alpha value is -1.74. The Morgan fingerprint density at radius 1 is 1.47 bits per heavy atom. The first-order valence-electron chi connectivity index (χ1n) is 4.15. The molecule has 0 N–H and O–H groups in total. The Bertz CT molecular complexity index is 540. The lowest BCUT2D eigenvalue weighted by atomic mass is 10.3. The second-order valence-corrected chi connectivity index (χ2v) is 3.68. The number of nitriles is 1. The molecule has 2 rings (SSSR count). The summed E-state index contributed by atoms with van der Waals surface area (Å²) in [5, 5.41) is 12.6. The highest BCUT2D eigenvalue weighted by Crippen LogP contribution is 2.21. The maximum absolute atomic E-state index is 8.60. The van der Waals surface area contributed by atoms with Gasteiger partial charge in [0.25, 0.3) is 5.82 Å². The van der Waals surface area contributed by atoms with E-state index in [1.54, 1.807) is 6.20 Å². The minimum atomic E-state index is 0.130. The lowest BCUT2D eigenvalue weighted by molar-refractivity contribution is 0.833. The molecule has 0 aliphatic heterocycles. The van der Waals surface area contributed by atoms with E-state index in [1.807, 2.05) is 19.1 Å². The van der Waals surface area contributed by atoms with Gasteiger partial charge in [0.1, 0.15) is 12.4 Å². The number of halogens is 1. The van der Waals surface area contributed by atoms with E-state index < -0.39 is 0 Å². The minimum Gasteiger partial charge on any atom is -0.236 e. The summed E-state index contributed by atoms with van der Waals surface area (Å²) < 4.78 is 2.31. The van der Waals surface area contributed by atoms with Crippen molar-refractivity contribution in [3.8, 4) is 11.9 Å². The number of pyridine rings is 1. The molecule has 0 saturated carbocycles. The molecule has 0 aliphatic rings. The zero-order valence-electron chi connectivity index (χ0n) is 7.85. The molecule has 2 aromatic heterocycles. The Kier molecular flexibility index (Phi) is 2.47. The Labute approximate surface area is 94.5 Å². The Morgan fingerprint density at radius 3 is 2.93 bits per heavy atom. The highest BCUT2D eigenvalue weighted by Gasteiger charge is 2.08. The molecule has 0 bridgehead atoms. The zero-order valence-corrected chi connectivity index (χ0v) is 9.43. The number of nitrogens with zero attached hydrogens (tertiary/aromatic N) is 5. The molecule has 2 heterocycles. The molecule has 0 unspecified atom stereocenters. The Balaban J connectivity index is 2.55. The summed E-state index contributed by atoms with van der Waals surface area (Å²) in [5.74, 6) is 0.759. The highest BCUT2D eigenvalue weighted by atomic mass is 79.9. The van der Waals surface area contributed by atoms with Crippen LogP contribution in [0.1, 0.15) is 11.4 Å². The maximum atomic E-state index is 8.60. The average molecular weight is 264 g/mol. The topological polar surface area (TPSA) is 67.4 Å². The largest absolute Gasteiger partial charge is 0.252 e. The summed E-state index contributed by atoms with van der Waals surface area (Å²) in [6.07, 6.45) is 3.15. The van der Waals surface area contributed by atoms with E-state index in [4.69, 9.17) is 5.26 Å². The quantitative estimate of drug-likeness (QED) is 0.784. The van der Waals surface area contributed by atoms with Crippen molar-refractivity contribution in [1.82, 2.24) is 19.7 Å². The van der Waals surface area contributed by atoms with Gasteiger partial charge in [0.05, 0.1) is 4.47 Å². The molecule has 0 radical (unpaired) electrons. The van der Waals surface area contributed by atoms with Crippen LogP contribution in [0.25, 0.3) is 5.82 Å². The average Bonchev–Trinajstić information content (AvgIpc) is 2.70. The van der Waals surface area contributed by atoms with E-state index in [1.165, 1.54) is 11.0 Å². The summed E-state index contributed by atoms with van der Waals surface area (Å²) in [4.78, 5) is 7.97. The van der Waals surface area contributed by atoms with Crippen LogP contribution in [0.4, 0.5) is 0 Å². The molecule has 74 valence electrons. The standard InChI is InChI=1S/C9H6BrN5/c1-6-2-3-12-9(8(6)10)15-5-13-7(4-11)14-15/h2-3,5H,1H3. The number of hydrogen-bond donors (Lipinski definition) is 0. The number of rotatable bonds is 1. The van der Waals surface area contributed by atoms with Crippen molar-refractivity contribution in [3.63, 3.8) is 0 Å². The molecule has 0 aromatic carbocycles. The Morgan fingerprint density at radius 2 is 2.27 bits per heavy atom. The highest BCUT2D eigenvalue weighted by molar-refractivity contribution is 9.10. The third-order valence-corrected chi connectivity index (χ3v) is 2.85. The van der Waals surface area contributed by atoms with Crippen molar-refractivity contribution in [1.29, 1.82) is 5.26 Å². The van der Waals surface area contributed by atoms with Crippen LogP contribution in [-0.4, -0.2) is 19.7 Å². The summed E-state index contributed by atoms with van der Waals surface area (Å²) in [6.45, 7) is 1.96. The molecule has 0 fully saturated rings. The maximum Gasteiger partial charge on any atom is 0.252 e. The van der Waals surface area contributed by atoms with Gasteiger partial charge < -0.3 is 0 Å². The van der Waals surface area contributed by atoms with Gasteiger partial charge in [-0.05, 0) is 34.5 Å². The molecule has 6 heteroatoms. The fraction of sp³-hybridized carbons (Fsp3) is 0.111. The molecule has 0 amide bonds. The van der Waals surface area contributed by atoms with Crippen molar-refractivity contribution < 1.29 is 0 Å². The summed E-state index contributed by atoms with van der Waals surface area (Å²) >= 11 is 3.41. The van der Waals surface area contributed by atoms with Gasteiger partial charge in [-0.1, -0.05) is 0 Å². The number of aryl methyl sites for hydroxylation is 1. The predicted molar refractivity (Wildman–Crippen MR) is 56.3 cm³/mol. The number of aromatic nitrogens is 4. The monoisotopic (exact) mass is 263 g/mol. The summed E-state index contributed by atoms with van der Waals surface area (Å²) in [7, 11) is 0. The molecular formula is C9H6BrN5. The van der Waals surface area contributed by atoms with Crippen LogP contribution < -0.4 is 0 Å². The fourth-order valence-electron chi connectivity index (χ4n) is 1.10. The molecular weight excluding hydrogens is 258 g/mol. The second kappa shape index (κ2) is 3.79. The molecule has 2 aromatic rings. The van der Waals surface area contributed by atoms with Crippen molar-refractivity contribution in [2.45, 2.75) is 6.92 Å². The molecule has 15 heavy (non-hydrogen) atoms. The van der Waals surface area contributed by atoms with Gasteiger partial charge in [-0.15, -0.1) is 5.10 Å². The lowest BCUT2D eigenvalue weighted by Gasteiger charge is -2.03. The normalized spacial score (nSPS) is 9.93. The van der Waals surface area contributed by atoms with Crippen molar-refractivity contribution >= 4 is 15.9 Å². The SMILES string of the molecule is Cc1ccnc(-n2cnc(C#N)n2)c1Br. The van der Waals surface area contributed by atoms with E-state index in [0.717, 1.165) is 10.0 Å². The molecule has 0 spiro atoms. The van der Waals surface area contributed by atoms with Gasteiger partial charge in [-0.2, -0.15) is 5.26 Å². The fourth-order valence-corrected chi connectivity index (χ4v) is 1.52. The van der Waals surface area contributed by atoms with Gasteiger partial charge >= 0.3 is 0 Å². The summed E-state index contributed by atoms with van der Waals surface area (Å²) in [5.41, 5.74) is 1.05. The van der Waals surface area contributed by atoms with Gasteiger partial charge in [-0.3, -0.25) is 0 Å². The van der Waals surface area contributed by atoms with Crippen LogP contribution in [-0.2, 0) is 0 Å². The van der Waals surface area contributed by atoms with E-state index in [9.17, 15) is 0 Å². The van der Waals surface area contributed by atoms with Crippen molar-refractivity contribution in [3.05, 3.63) is 34.5 Å². The van der Waals surface area contributed by atoms with Crippen LogP contribution in [0, 0.1) is 18.3 Å². The van der Waals surface area contributed by atoms with Gasteiger partial charge in [0.2, 0.25) is 0 Å². The van der Waals surface area contributed by atoms with E-state index in [2.05, 4.69) is 31.0 Å². The van der Waals surface area contributed by atoms with Crippen LogP contribution in [0.3, 0.4) is 0 Å². The molecule has 0 saturated heterocycles. The van der Waals surface area contributed by atoms with Gasteiger partial charge in [-0.25, -0.2) is 14.6 Å². The minimum absolute atomic E-state index is 0.130. The lowest BCUT2D eigenvalue weighted by Crippen LogP contribution is -2.00. The molecule has 5 nitrogen and oxygen atoms in total. The molecule has 0 atom stereocenters. The van der Waals surface area contributed by atoms with E-state index >= 15 is 0 Å². The van der Waals surface area contributed by atoms with Gasteiger partial charge in [0, 0.05) is 6.20 Å². The smallest absolute Gasteiger partial charge is 0.236 e. The third-order valence-electron chi connectivity index (χ3n) is 1.87. The van der Waals surface area contributed by atoms with Crippen LogP contribution in [0.5, 0.6) is 0 Å². The first-order chi connectivity index (χ1) is 7.22. The van der Waals surface area contributed by atoms with E-state index in [0.29, 0.717) is 5.82 Å². The van der Waals surface area contributed by atoms with Crippen LogP contribution >= 0.6 is 15.9 Å². The third kappa shape index (κ3) is 1.74. The van der Waals surface area contributed by atoms with Crippen molar-refractivity contribution in [2.75, 3.05) is 0 Å². The van der Waals surface area contributed by atoms with Gasteiger partial charge in [0.15, 0.2) is 5.82 Å². The first kappa shape index (κ1) is 9.80. The van der Waals surface area contributed by atoms with Crippen LogP contribution in [0.2, 0.25) is 0 Å². The first-order valence-corrected chi connectivity index (χ1v) is 4.95. The zero-order chi connectivity index (χ0) is 10.8. The number of hydrogen-bond acceptors (Lipinski definition) is 4. The van der Waals surface area contributed by atoms with Crippen molar-refractivity contribution in [2.24, 2.45) is 0 Å². The predicted octanol–water partition coefficient (Wildman–Crippen LogP) is 1.60. The molecule has 0 aliphatic carbocycles. The van der Waals surface area contributed by atoms with Crippen LogP contribution in [0.15, 0.2) is 23.1 Å². The van der Waals surface area contributed by atoms with E-state index in [-0.39, 0.29) is 5.82 Å².